The Hall–Kier alpha value is -1.28. The molecule has 0 radical (unpaired) electrons. The molecule has 2 N–H and O–H groups in total. The van der Waals surface area contributed by atoms with Crippen LogP contribution in [0.1, 0.15) is 57.7 Å². The number of morpholine rings is 1. The van der Waals surface area contributed by atoms with E-state index in [0.717, 1.165) is 18.7 Å². The summed E-state index contributed by atoms with van der Waals surface area (Å²) in [7, 11) is 0. The van der Waals surface area contributed by atoms with Gasteiger partial charge in [-0.15, -0.1) is 10.2 Å². The lowest BCUT2D eigenvalue weighted by molar-refractivity contribution is -0.140. The average molecular weight is 353 g/mol. The first-order valence-corrected chi connectivity index (χ1v) is 9.79. The second-order valence-corrected chi connectivity index (χ2v) is 7.83. The zero-order valence-electron chi connectivity index (χ0n) is 14.5. The maximum absolute atomic E-state index is 12.4. The zero-order valence-corrected chi connectivity index (χ0v) is 15.3. The third-order valence-corrected chi connectivity index (χ3v) is 5.69. The summed E-state index contributed by atoms with van der Waals surface area (Å²) in [5.74, 6) is 7.87. The van der Waals surface area contributed by atoms with Crippen LogP contribution < -0.4 is 5.84 Å². The number of carbonyl (C=O) groups excluding carboxylic acids is 1. The van der Waals surface area contributed by atoms with E-state index >= 15 is 0 Å². The number of nitrogens with zero attached hydrogens (tertiary/aromatic N) is 4. The highest BCUT2D eigenvalue weighted by atomic mass is 32.2. The molecule has 0 spiro atoms. The lowest BCUT2D eigenvalue weighted by Crippen LogP contribution is -2.48. The maximum atomic E-state index is 12.4. The zero-order chi connectivity index (χ0) is 17.1. The van der Waals surface area contributed by atoms with Gasteiger partial charge in [0, 0.05) is 19.0 Å². The molecule has 1 saturated carbocycles. The minimum atomic E-state index is 0.0822. The van der Waals surface area contributed by atoms with Gasteiger partial charge in [-0.05, 0) is 26.7 Å². The second-order valence-electron chi connectivity index (χ2n) is 6.89. The van der Waals surface area contributed by atoms with Crippen molar-refractivity contribution in [3.63, 3.8) is 0 Å². The summed E-state index contributed by atoms with van der Waals surface area (Å²) in [6.45, 7) is 5.28. The highest BCUT2D eigenvalue weighted by Crippen LogP contribution is 2.32. The molecule has 0 aromatic carbocycles. The summed E-state index contributed by atoms with van der Waals surface area (Å²) >= 11 is 1.37. The van der Waals surface area contributed by atoms with Gasteiger partial charge in [0.05, 0.1) is 18.0 Å². The Kier molecular flexibility index (Phi) is 5.65. The molecule has 0 unspecified atom stereocenters. The molecule has 1 aromatic heterocycles. The number of nitrogen functional groups attached to an aromatic ring is 1. The number of nitrogens with two attached hydrogens (primary N) is 1. The number of ether oxygens (including phenoxy) is 1. The largest absolute Gasteiger partial charge is 0.372 e. The predicted molar refractivity (Wildman–Crippen MR) is 93.3 cm³/mol. The SMILES string of the molecule is C[C@@H]1CN(C(=O)CSc2nnc(C3CCCCC3)n2N)C[C@@H](C)O1. The molecule has 2 fully saturated rings. The number of amides is 1. The summed E-state index contributed by atoms with van der Waals surface area (Å²) in [5, 5.41) is 9.09. The van der Waals surface area contributed by atoms with E-state index in [9.17, 15) is 4.79 Å². The fourth-order valence-corrected chi connectivity index (χ4v) is 4.39. The molecule has 1 aromatic rings. The van der Waals surface area contributed by atoms with Gasteiger partial charge in [-0.1, -0.05) is 31.0 Å². The van der Waals surface area contributed by atoms with Crippen molar-refractivity contribution >= 4 is 17.7 Å². The molecule has 0 bridgehead atoms. The normalized spacial score (nSPS) is 25.8. The number of aromatic nitrogens is 3. The Morgan fingerprint density at radius 3 is 2.54 bits per heavy atom. The first-order chi connectivity index (χ1) is 11.5. The van der Waals surface area contributed by atoms with Crippen LogP contribution in [0.25, 0.3) is 0 Å². The van der Waals surface area contributed by atoms with E-state index in [1.54, 1.807) is 4.68 Å². The highest BCUT2D eigenvalue weighted by molar-refractivity contribution is 7.99. The van der Waals surface area contributed by atoms with E-state index in [0.29, 0.717) is 29.9 Å². The molecular formula is C16H27N5O2S. The van der Waals surface area contributed by atoms with Gasteiger partial charge in [0.25, 0.3) is 0 Å². The lowest BCUT2D eigenvalue weighted by atomic mass is 9.89. The van der Waals surface area contributed by atoms with Gasteiger partial charge in [-0.25, -0.2) is 4.68 Å². The van der Waals surface area contributed by atoms with E-state index < -0.39 is 0 Å². The van der Waals surface area contributed by atoms with Crippen molar-refractivity contribution in [3.8, 4) is 0 Å². The molecular weight excluding hydrogens is 326 g/mol. The van der Waals surface area contributed by atoms with Crippen molar-refractivity contribution in [1.82, 2.24) is 19.8 Å². The topological polar surface area (TPSA) is 86.3 Å². The second kappa shape index (κ2) is 7.74. The molecule has 8 heteroatoms. The molecule has 2 atom stereocenters. The molecule has 3 rings (SSSR count). The van der Waals surface area contributed by atoms with Crippen molar-refractivity contribution in [2.75, 3.05) is 24.7 Å². The van der Waals surface area contributed by atoms with E-state index in [4.69, 9.17) is 10.6 Å². The van der Waals surface area contributed by atoms with E-state index in [1.807, 2.05) is 18.7 Å². The van der Waals surface area contributed by atoms with E-state index in [-0.39, 0.29) is 18.1 Å². The van der Waals surface area contributed by atoms with Gasteiger partial charge in [0.15, 0.2) is 5.82 Å². The van der Waals surface area contributed by atoms with Crippen LogP contribution in [0.15, 0.2) is 5.16 Å². The summed E-state index contributed by atoms with van der Waals surface area (Å²) in [4.78, 5) is 14.3. The first kappa shape index (κ1) is 17.5. The Bertz CT molecular complexity index is 563. The lowest BCUT2D eigenvalue weighted by Gasteiger charge is -2.35. The number of hydrogen-bond donors (Lipinski definition) is 1. The molecule has 1 aliphatic heterocycles. The highest BCUT2D eigenvalue weighted by Gasteiger charge is 2.27. The fourth-order valence-electron chi connectivity index (χ4n) is 3.63. The van der Waals surface area contributed by atoms with Crippen LogP contribution in [-0.2, 0) is 9.53 Å². The first-order valence-electron chi connectivity index (χ1n) is 8.81. The van der Waals surface area contributed by atoms with Crippen LogP contribution >= 0.6 is 11.8 Å². The van der Waals surface area contributed by atoms with Gasteiger partial charge in [0.2, 0.25) is 11.1 Å². The van der Waals surface area contributed by atoms with Crippen LogP contribution in [0.3, 0.4) is 0 Å². The van der Waals surface area contributed by atoms with Crippen LogP contribution in [0.5, 0.6) is 0 Å². The Balaban J connectivity index is 1.56. The number of thioether (sulfide) groups is 1. The average Bonchev–Trinajstić information content (AvgIpc) is 2.93. The van der Waals surface area contributed by atoms with Crippen molar-refractivity contribution in [3.05, 3.63) is 5.82 Å². The smallest absolute Gasteiger partial charge is 0.233 e. The third kappa shape index (κ3) is 4.03. The summed E-state index contributed by atoms with van der Waals surface area (Å²) < 4.78 is 7.25. The van der Waals surface area contributed by atoms with Crippen LogP contribution in [0.2, 0.25) is 0 Å². The minimum absolute atomic E-state index is 0.0822. The Morgan fingerprint density at radius 2 is 1.88 bits per heavy atom. The molecule has 7 nitrogen and oxygen atoms in total. The van der Waals surface area contributed by atoms with Crippen molar-refractivity contribution < 1.29 is 9.53 Å². The van der Waals surface area contributed by atoms with Gasteiger partial charge >= 0.3 is 0 Å². The van der Waals surface area contributed by atoms with Gasteiger partial charge < -0.3 is 15.5 Å². The van der Waals surface area contributed by atoms with Crippen molar-refractivity contribution in [1.29, 1.82) is 0 Å². The van der Waals surface area contributed by atoms with E-state index in [1.165, 1.54) is 31.0 Å². The number of hydrogen-bond acceptors (Lipinski definition) is 6. The number of rotatable bonds is 4. The molecule has 2 heterocycles. The van der Waals surface area contributed by atoms with Crippen molar-refractivity contribution in [2.45, 2.75) is 69.2 Å². The maximum Gasteiger partial charge on any atom is 0.233 e. The number of carbonyl (C=O) groups is 1. The molecule has 1 amide bonds. The molecule has 1 aliphatic carbocycles. The van der Waals surface area contributed by atoms with Crippen LogP contribution in [0, 0.1) is 0 Å². The molecule has 24 heavy (non-hydrogen) atoms. The standard InChI is InChI=1S/C16H27N5O2S/c1-11-8-20(9-12(2)23-11)14(22)10-24-16-19-18-15(21(16)17)13-6-4-3-5-7-13/h11-13H,3-10,17H2,1-2H3/t11-,12-/m1/s1. The summed E-state index contributed by atoms with van der Waals surface area (Å²) in [6, 6.07) is 0. The fraction of sp³-hybridized carbons (Fsp3) is 0.812. The minimum Gasteiger partial charge on any atom is -0.372 e. The monoisotopic (exact) mass is 353 g/mol. The third-order valence-electron chi connectivity index (χ3n) is 4.76. The summed E-state index contributed by atoms with van der Waals surface area (Å²) in [5.41, 5.74) is 0. The quantitative estimate of drug-likeness (QED) is 0.656. The van der Waals surface area contributed by atoms with Crippen LogP contribution in [-0.4, -0.2) is 56.7 Å². The Labute approximate surface area is 147 Å². The molecule has 1 saturated heterocycles. The predicted octanol–water partition coefficient (Wildman–Crippen LogP) is 1.77. The molecule has 134 valence electrons. The van der Waals surface area contributed by atoms with Crippen molar-refractivity contribution in [2.24, 2.45) is 0 Å². The Morgan fingerprint density at radius 1 is 1.21 bits per heavy atom. The summed E-state index contributed by atoms with van der Waals surface area (Å²) in [6.07, 6.45) is 6.17. The van der Waals surface area contributed by atoms with Crippen LogP contribution in [0.4, 0.5) is 0 Å². The van der Waals surface area contributed by atoms with Gasteiger partial charge in [-0.2, -0.15) is 0 Å². The van der Waals surface area contributed by atoms with Gasteiger partial charge in [0.1, 0.15) is 0 Å². The van der Waals surface area contributed by atoms with Gasteiger partial charge in [-0.3, -0.25) is 4.79 Å². The molecule has 2 aliphatic rings. The van der Waals surface area contributed by atoms with E-state index in [2.05, 4.69) is 10.2 Å².